The number of hydrogen-bond donors (Lipinski definition) is 1. The van der Waals surface area contributed by atoms with E-state index < -0.39 is 17.8 Å². The standard InChI is InChI=1S/C23H27NO6S/c1-3-28-22(26)19-15(2)20(23(27)30-17-12-8-5-9-13-17)31-21(19)24-18(25)14-29-16-10-6-4-7-11-16/h4,6-7,10-11,17H,3,5,8-9,12-14H2,1-2H3,(H,24,25). The molecular formula is C23H27NO6S. The van der Waals surface area contributed by atoms with Gasteiger partial charge in [0, 0.05) is 0 Å². The summed E-state index contributed by atoms with van der Waals surface area (Å²) in [5.41, 5.74) is 0.624. The molecule has 1 aliphatic carbocycles. The van der Waals surface area contributed by atoms with Crippen LogP contribution in [0.15, 0.2) is 30.3 Å². The van der Waals surface area contributed by atoms with Crippen molar-refractivity contribution in [2.24, 2.45) is 0 Å². The molecule has 2 aromatic rings. The fraction of sp³-hybridized carbons (Fsp3) is 0.435. The van der Waals surface area contributed by atoms with Crippen LogP contribution in [0.1, 0.15) is 64.6 Å². The molecule has 0 aliphatic heterocycles. The number of benzene rings is 1. The second-order valence-corrected chi connectivity index (χ2v) is 8.32. The summed E-state index contributed by atoms with van der Waals surface area (Å²) in [6, 6.07) is 8.94. The lowest BCUT2D eigenvalue weighted by Gasteiger charge is -2.21. The molecule has 0 spiro atoms. The molecule has 1 N–H and O–H groups in total. The highest BCUT2D eigenvalue weighted by atomic mass is 32.1. The minimum Gasteiger partial charge on any atom is -0.484 e. The predicted molar refractivity (Wildman–Crippen MR) is 118 cm³/mol. The molecule has 1 heterocycles. The van der Waals surface area contributed by atoms with E-state index in [2.05, 4.69) is 5.32 Å². The quantitative estimate of drug-likeness (QED) is 0.590. The number of thiophene rings is 1. The number of ether oxygens (including phenoxy) is 3. The summed E-state index contributed by atoms with van der Waals surface area (Å²) in [6.07, 6.45) is 4.82. The van der Waals surface area contributed by atoms with Crippen molar-refractivity contribution in [3.05, 3.63) is 46.3 Å². The van der Waals surface area contributed by atoms with Gasteiger partial charge < -0.3 is 19.5 Å². The van der Waals surface area contributed by atoms with Crippen LogP contribution in [-0.4, -0.2) is 37.2 Å². The Morgan fingerprint density at radius 3 is 2.45 bits per heavy atom. The van der Waals surface area contributed by atoms with Crippen LogP contribution in [0.3, 0.4) is 0 Å². The largest absolute Gasteiger partial charge is 0.484 e. The SMILES string of the molecule is CCOC(=O)c1c(NC(=O)COc2ccccc2)sc(C(=O)OC2CCCCC2)c1C. The number of amides is 1. The number of nitrogens with one attached hydrogen (secondary N) is 1. The van der Waals surface area contributed by atoms with E-state index in [0.29, 0.717) is 16.2 Å². The molecule has 7 nitrogen and oxygen atoms in total. The highest BCUT2D eigenvalue weighted by Gasteiger charge is 2.29. The van der Waals surface area contributed by atoms with Gasteiger partial charge in [0.1, 0.15) is 21.7 Å². The van der Waals surface area contributed by atoms with Gasteiger partial charge in [-0.2, -0.15) is 0 Å². The summed E-state index contributed by atoms with van der Waals surface area (Å²) in [4.78, 5) is 38.0. The topological polar surface area (TPSA) is 90.9 Å². The zero-order valence-electron chi connectivity index (χ0n) is 17.8. The molecule has 0 saturated heterocycles. The van der Waals surface area contributed by atoms with Crippen LogP contribution >= 0.6 is 11.3 Å². The summed E-state index contributed by atoms with van der Waals surface area (Å²) >= 11 is 1.02. The molecule has 31 heavy (non-hydrogen) atoms. The summed E-state index contributed by atoms with van der Waals surface area (Å²) in [5, 5.41) is 2.94. The molecule has 1 aromatic heterocycles. The summed E-state index contributed by atoms with van der Waals surface area (Å²) < 4.78 is 16.3. The van der Waals surface area contributed by atoms with E-state index in [4.69, 9.17) is 14.2 Å². The highest BCUT2D eigenvalue weighted by molar-refractivity contribution is 7.18. The third-order valence-electron chi connectivity index (χ3n) is 5.00. The Hall–Kier alpha value is -2.87. The molecule has 0 atom stereocenters. The second kappa shape index (κ2) is 10.9. The van der Waals surface area contributed by atoms with E-state index in [1.807, 2.05) is 6.07 Å². The van der Waals surface area contributed by atoms with Crippen LogP contribution in [0.5, 0.6) is 5.75 Å². The number of anilines is 1. The van der Waals surface area contributed by atoms with E-state index in [0.717, 1.165) is 43.4 Å². The van der Waals surface area contributed by atoms with Crippen molar-refractivity contribution < 1.29 is 28.6 Å². The van der Waals surface area contributed by atoms with Crippen LogP contribution < -0.4 is 10.1 Å². The summed E-state index contributed by atoms with van der Waals surface area (Å²) in [6.45, 7) is 3.31. The zero-order chi connectivity index (χ0) is 22.2. The Kier molecular flexibility index (Phi) is 8.06. The maximum Gasteiger partial charge on any atom is 0.348 e. The van der Waals surface area contributed by atoms with Crippen LogP contribution in [0.4, 0.5) is 5.00 Å². The van der Waals surface area contributed by atoms with Crippen LogP contribution in [0.2, 0.25) is 0 Å². The number of carbonyl (C=O) groups is 3. The van der Waals surface area contributed by atoms with Gasteiger partial charge in [0.25, 0.3) is 5.91 Å². The zero-order valence-corrected chi connectivity index (χ0v) is 18.6. The number of para-hydroxylation sites is 1. The van der Waals surface area contributed by atoms with Gasteiger partial charge in [0.2, 0.25) is 0 Å². The normalized spacial score (nSPS) is 14.0. The third kappa shape index (κ3) is 6.07. The smallest absolute Gasteiger partial charge is 0.348 e. The maximum atomic E-state index is 12.8. The monoisotopic (exact) mass is 445 g/mol. The molecule has 1 aliphatic rings. The molecule has 166 valence electrons. The van der Waals surface area contributed by atoms with Crippen molar-refractivity contribution in [3.63, 3.8) is 0 Å². The Morgan fingerprint density at radius 1 is 1.06 bits per heavy atom. The van der Waals surface area contributed by atoms with Gasteiger partial charge in [0.15, 0.2) is 6.61 Å². The molecule has 3 rings (SSSR count). The first-order chi connectivity index (χ1) is 15.0. The van der Waals surface area contributed by atoms with Crippen LogP contribution in [0, 0.1) is 6.92 Å². The average molecular weight is 446 g/mol. The molecular weight excluding hydrogens is 418 g/mol. The van der Waals surface area contributed by atoms with E-state index in [1.165, 1.54) is 0 Å². The Balaban J connectivity index is 1.75. The van der Waals surface area contributed by atoms with Crippen molar-refractivity contribution in [2.75, 3.05) is 18.5 Å². The first-order valence-electron chi connectivity index (χ1n) is 10.5. The molecule has 0 radical (unpaired) electrons. The summed E-state index contributed by atoms with van der Waals surface area (Å²) in [7, 11) is 0. The van der Waals surface area contributed by atoms with Gasteiger partial charge in [-0.05, 0) is 57.2 Å². The Morgan fingerprint density at radius 2 is 1.77 bits per heavy atom. The number of carbonyl (C=O) groups excluding carboxylic acids is 3. The number of esters is 2. The van der Waals surface area contributed by atoms with Crippen molar-refractivity contribution in [3.8, 4) is 5.75 Å². The molecule has 1 amide bonds. The third-order valence-corrected chi connectivity index (χ3v) is 6.19. The minimum atomic E-state index is -0.591. The van der Waals surface area contributed by atoms with Crippen molar-refractivity contribution in [2.45, 2.75) is 52.1 Å². The van der Waals surface area contributed by atoms with E-state index in [1.54, 1.807) is 38.1 Å². The van der Waals surface area contributed by atoms with Crippen LogP contribution in [0.25, 0.3) is 0 Å². The number of rotatable bonds is 8. The minimum absolute atomic E-state index is 0.105. The molecule has 1 fully saturated rings. The summed E-state index contributed by atoms with van der Waals surface area (Å²) in [5.74, 6) is -0.946. The van der Waals surface area contributed by atoms with Crippen molar-refractivity contribution in [1.82, 2.24) is 0 Å². The number of hydrogen-bond acceptors (Lipinski definition) is 7. The maximum absolute atomic E-state index is 12.8. The van der Waals surface area contributed by atoms with Gasteiger partial charge in [-0.25, -0.2) is 9.59 Å². The Labute approximate surface area is 185 Å². The van der Waals surface area contributed by atoms with Gasteiger partial charge in [-0.15, -0.1) is 11.3 Å². The average Bonchev–Trinajstić information content (AvgIpc) is 3.09. The van der Waals surface area contributed by atoms with Crippen LogP contribution in [-0.2, 0) is 14.3 Å². The molecule has 8 heteroatoms. The van der Waals surface area contributed by atoms with Gasteiger partial charge in [0.05, 0.1) is 12.2 Å². The Bertz CT molecular complexity index is 918. The molecule has 1 aromatic carbocycles. The lowest BCUT2D eigenvalue weighted by Crippen LogP contribution is -2.21. The predicted octanol–water partition coefficient (Wildman–Crippen LogP) is 4.74. The fourth-order valence-electron chi connectivity index (χ4n) is 3.46. The first kappa shape index (κ1) is 22.8. The fourth-order valence-corrected chi connectivity index (χ4v) is 4.56. The van der Waals surface area contributed by atoms with Gasteiger partial charge in [-0.1, -0.05) is 24.6 Å². The lowest BCUT2D eigenvalue weighted by atomic mass is 9.98. The van der Waals surface area contributed by atoms with Gasteiger partial charge >= 0.3 is 11.9 Å². The molecule has 0 bridgehead atoms. The van der Waals surface area contributed by atoms with E-state index in [-0.39, 0.29) is 29.9 Å². The van der Waals surface area contributed by atoms with Crippen molar-refractivity contribution in [1.29, 1.82) is 0 Å². The molecule has 1 saturated carbocycles. The van der Waals surface area contributed by atoms with E-state index in [9.17, 15) is 14.4 Å². The van der Waals surface area contributed by atoms with Gasteiger partial charge in [-0.3, -0.25) is 4.79 Å². The highest BCUT2D eigenvalue weighted by Crippen LogP contribution is 2.35. The first-order valence-corrected chi connectivity index (χ1v) is 11.3. The van der Waals surface area contributed by atoms with E-state index >= 15 is 0 Å². The second-order valence-electron chi connectivity index (χ2n) is 7.30. The lowest BCUT2D eigenvalue weighted by molar-refractivity contribution is -0.118. The molecule has 0 unspecified atom stereocenters. The van der Waals surface area contributed by atoms with Crippen molar-refractivity contribution >= 4 is 34.2 Å².